The largest absolute Gasteiger partial charge is 0.435 e. The third kappa shape index (κ3) is 2.08. The lowest BCUT2D eigenvalue weighted by atomic mass is 10.1. The molecule has 12 heavy (non-hydrogen) atoms. The predicted octanol–water partition coefficient (Wildman–Crippen LogP) is 1.49. The first-order valence-electron chi connectivity index (χ1n) is 4.11. The van der Waals surface area contributed by atoms with Gasteiger partial charge in [0.2, 0.25) is 0 Å². The molecule has 1 unspecified atom stereocenters. The van der Waals surface area contributed by atoms with Gasteiger partial charge in [0.1, 0.15) is 5.41 Å². The average Bonchev–Trinajstić information content (AvgIpc) is 2.69. The molecule has 3 nitrogen and oxygen atoms in total. The van der Waals surface area contributed by atoms with Crippen molar-refractivity contribution in [3.63, 3.8) is 0 Å². The second-order valence-corrected chi connectivity index (χ2v) is 3.04. The fraction of sp³-hybridized carbons (Fsp3) is 0.667. The molecule has 1 atom stereocenters. The van der Waals surface area contributed by atoms with Crippen LogP contribution in [0.1, 0.15) is 20.8 Å². The fourth-order valence-corrected chi connectivity index (χ4v) is 0.808. The number of esters is 1. The van der Waals surface area contributed by atoms with Gasteiger partial charge in [0.05, 0.1) is 0 Å². The van der Waals surface area contributed by atoms with E-state index < -0.39 is 11.7 Å². The summed E-state index contributed by atoms with van der Waals surface area (Å²) >= 11 is 0. The smallest absolute Gasteiger partial charge is 0.321 e. The zero-order valence-electron chi connectivity index (χ0n) is 7.66. The van der Waals surface area contributed by atoms with Crippen LogP contribution in [-0.4, -0.2) is 18.9 Å². The molecule has 0 saturated carbocycles. The Balaban J connectivity index is 2.26. The molecule has 0 radical (unpaired) electrons. The van der Waals surface area contributed by atoms with Crippen LogP contribution in [0.2, 0.25) is 0 Å². The number of carbonyl (C=O) groups excluding carboxylic acids is 1. The van der Waals surface area contributed by atoms with Gasteiger partial charge in [-0.25, -0.2) is 0 Å². The summed E-state index contributed by atoms with van der Waals surface area (Å²) in [5.41, 5.74) is -0.453. The van der Waals surface area contributed by atoms with Crippen LogP contribution in [0.25, 0.3) is 0 Å². The van der Waals surface area contributed by atoms with Crippen LogP contribution in [-0.2, 0) is 14.3 Å². The molecule has 0 amide bonds. The normalized spacial score (nSPS) is 20.2. The maximum atomic E-state index is 11.2. The first kappa shape index (κ1) is 9.26. The minimum Gasteiger partial charge on any atom is -0.435 e. The molecule has 0 spiro atoms. The van der Waals surface area contributed by atoms with Gasteiger partial charge in [0, 0.05) is 6.61 Å². The monoisotopic (exact) mass is 170 g/mol. The van der Waals surface area contributed by atoms with Crippen LogP contribution in [0.4, 0.5) is 0 Å². The van der Waals surface area contributed by atoms with Crippen molar-refractivity contribution in [2.75, 3.05) is 6.61 Å². The van der Waals surface area contributed by atoms with Crippen LogP contribution < -0.4 is 0 Å². The van der Waals surface area contributed by atoms with Crippen molar-refractivity contribution in [3.8, 4) is 0 Å². The molecular weight excluding hydrogens is 156 g/mol. The standard InChI is InChI=1S/C9H14O3/c1-4-11-7(2)12-8(10)9(3)5-6-9/h5-7H,4H2,1-3H3. The van der Waals surface area contributed by atoms with E-state index in [1.54, 1.807) is 6.92 Å². The molecule has 0 N–H and O–H groups in total. The number of hydrogen-bond acceptors (Lipinski definition) is 3. The Hall–Kier alpha value is -0.830. The zero-order chi connectivity index (χ0) is 9.19. The van der Waals surface area contributed by atoms with Crippen LogP contribution >= 0.6 is 0 Å². The second-order valence-electron chi connectivity index (χ2n) is 3.04. The first-order valence-corrected chi connectivity index (χ1v) is 4.11. The van der Waals surface area contributed by atoms with Crippen molar-refractivity contribution in [3.05, 3.63) is 12.2 Å². The summed E-state index contributed by atoms with van der Waals surface area (Å²) in [5, 5.41) is 0. The van der Waals surface area contributed by atoms with Crippen molar-refractivity contribution in [1.82, 2.24) is 0 Å². The van der Waals surface area contributed by atoms with E-state index in [1.807, 2.05) is 26.0 Å². The van der Waals surface area contributed by atoms with Gasteiger partial charge in [-0.15, -0.1) is 0 Å². The Kier molecular flexibility index (Phi) is 2.52. The van der Waals surface area contributed by atoms with Crippen molar-refractivity contribution in [1.29, 1.82) is 0 Å². The Morgan fingerprint density at radius 1 is 1.58 bits per heavy atom. The Bertz CT molecular complexity index is 202. The minimum absolute atomic E-state index is 0.233. The van der Waals surface area contributed by atoms with Gasteiger partial charge in [-0.05, 0) is 20.8 Å². The highest BCUT2D eigenvalue weighted by atomic mass is 16.7. The summed E-state index contributed by atoms with van der Waals surface area (Å²) in [6, 6.07) is 0. The summed E-state index contributed by atoms with van der Waals surface area (Å²) < 4.78 is 10.1. The van der Waals surface area contributed by atoms with Crippen molar-refractivity contribution >= 4 is 5.97 Å². The number of carbonyl (C=O) groups is 1. The van der Waals surface area contributed by atoms with Crippen LogP contribution in [0.3, 0.4) is 0 Å². The van der Waals surface area contributed by atoms with Gasteiger partial charge in [-0.1, -0.05) is 12.2 Å². The molecule has 0 heterocycles. The van der Waals surface area contributed by atoms with Gasteiger partial charge in [0.15, 0.2) is 6.29 Å². The number of ether oxygens (including phenoxy) is 2. The molecular formula is C9H14O3. The average molecular weight is 170 g/mol. The fourth-order valence-electron chi connectivity index (χ4n) is 0.808. The first-order chi connectivity index (χ1) is 5.58. The maximum Gasteiger partial charge on any atom is 0.321 e. The number of rotatable bonds is 4. The molecule has 3 heteroatoms. The van der Waals surface area contributed by atoms with Gasteiger partial charge >= 0.3 is 5.97 Å². The molecule has 1 aliphatic rings. The molecule has 0 saturated heterocycles. The molecule has 0 aliphatic heterocycles. The Morgan fingerprint density at radius 3 is 2.58 bits per heavy atom. The topological polar surface area (TPSA) is 35.5 Å². The summed E-state index contributed by atoms with van der Waals surface area (Å²) in [4.78, 5) is 11.2. The lowest BCUT2D eigenvalue weighted by Crippen LogP contribution is -2.24. The van der Waals surface area contributed by atoms with E-state index in [4.69, 9.17) is 9.47 Å². The van der Waals surface area contributed by atoms with Crippen molar-refractivity contribution in [2.24, 2.45) is 5.41 Å². The molecule has 0 aromatic heterocycles. The summed E-state index contributed by atoms with van der Waals surface area (Å²) in [5.74, 6) is -0.233. The SMILES string of the molecule is CCOC(C)OC(=O)C1(C)C=C1. The highest BCUT2D eigenvalue weighted by Gasteiger charge is 2.39. The zero-order valence-corrected chi connectivity index (χ0v) is 7.66. The van der Waals surface area contributed by atoms with E-state index in [1.165, 1.54) is 0 Å². The van der Waals surface area contributed by atoms with Crippen molar-refractivity contribution < 1.29 is 14.3 Å². The highest BCUT2D eigenvalue weighted by molar-refractivity contribution is 5.85. The van der Waals surface area contributed by atoms with E-state index in [9.17, 15) is 4.79 Å². The van der Waals surface area contributed by atoms with Gasteiger partial charge < -0.3 is 9.47 Å². The third-order valence-electron chi connectivity index (χ3n) is 1.78. The molecule has 0 aromatic carbocycles. The summed E-state index contributed by atoms with van der Waals surface area (Å²) in [6.07, 6.45) is 3.18. The minimum atomic E-state index is -0.453. The molecule has 1 aliphatic carbocycles. The quantitative estimate of drug-likeness (QED) is 0.364. The lowest BCUT2D eigenvalue weighted by molar-refractivity contribution is -0.178. The predicted molar refractivity (Wildman–Crippen MR) is 44.4 cm³/mol. The van der Waals surface area contributed by atoms with E-state index >= 15 is 0 Å². The maximum absolute atomic E-state index is 11.2. The molecule has 0 fully saturated rings. The van der Waals surface area contributed by atoms with Crippen LogP contribution in [0.5, 0.6) is 0 Å². The van der Waals surface area contributed by atoms with Crippen LogP contribution in [0.15, 0.2) is 12.2 Å². The van der Waals surface area contributed by atoms with Gasteiger partial charge in [-0.2, -0.15) is 0 Å². The van der Waals surface area contributed by atoms with E-state index in [0.29, 0.717) is 6.61 Å². The van der Waals surface area contributed by atoms with Gasteiger partial charge in [0.25, 0.3) is 0 Å². The Labute approximate surface area is 72.4 Å². The van der Waals surface area contributed by atoms with E-state index in [-0.39, 0.29) is 5.97 Å². The number of hydrogen-bond donors (Lipinski definition) is 0. The lowest BCUT2D eigenvalue weighted by Gasteiger charge is -2.15. The van der Waals surface area contributed by atoms with E-state index in [2.05, 4.69) is 0 Å². The third-order valence-corrected chi connectivity index (χ3v) is 1.78. The molecule has 0 aromatic rings. The van der Waals surface area contributed by atoms with Crippen LogP contribution in [0, 0.1) is 5.41 Å². The molecule has 0 bridgehead atoms. The Morgan fingerprint density at radius 2 is 2.17 bits per heavy atom. The van der Waals surface area contributed by atoms with Crippen molar-refractivity contribution in [2.45, 2.75) is 27.1 Å². The highest BCUT2D eigenvalue weighted by Crippen LogP contribution is 2.35. The summed E-state index contributed by atoms with van der Waals surface area (Å²) in [7, 11) is 0. The second kappa shape index (κ2) is 3.27. The molecule has 68 valence electrons. The summed E-state index contributed by atoms with van der Waals surface area (Å²) in [6.45, 7) is 5.95. The van der Waals surface area contributed by atoms with E-state index in [0.717, 1.165) is 0 Å². The molecule has 1 rings (SSSR count). The van der Waals surface area contributed by atoms with Gasteiger partial charge in [-0.3, -0.25) is 4.79 Å².